The zero-order chi connectivity index (χ0) is 15.2. The van der Waals surface area contributed by atoms with Gasteiger partial charge in [-0.15, -0.1) is 0 Å². The highest BCUT2D eigenvalue weighted by Crippen LogP contribution is 2.18. The van der Waals surface area contributed by atoms with E-state index < -0.39 is 0 Å². The van der Waals surface area contributed by atoms with E-state index in [0.29, 0.717) is 0 Å². The molecule has 0 spiro atoms. The molecule has 0 saturated carbocycles. The number of hydrogen-bond donors (Lipinski definition) is 1. The number of nitrogens with one attached hydrogen (secondary N) is 1. The normalized spacial score (nSPS) is 14.9. The van der Waals surface area contributed by atoms with Crippen LogP contribution in [0, 0.1) is 6.92 Å². The summed E-state index contributed by atoms with van der Waals surface area (Å²) in [5.41, 5.74) is 2.67. The van der Waals surface area contributed by atoms with Gasteiger partial charge in [0.25, 0.3) is 0 Å². The Labute approximate surface area is 136 Å². The molecule has 22 heavy (non-hydrogen) atoms. The highest BCUT2D eigenvalue weighted by atomic mass is 32.2. The van der Waals surface area contributed by atoms with E-state index in [-0.39, 0.29) is 0 Å². The fourth-order valence-corrected chi connectivity index (χ4v) is 3.51. The van der Waals surface area contributed by atoms with E-state index in [9.17, 15) is 0 Å². The number of aryl methyl sites for hydroxylation is 1. The molecule has 1 aromatic heterocycles. The van der Waals surface area contributed by atoms with Gasteiger partial charge in [-0.1, -0.05) is 29.8 Å². The average Bonchev–Trinajstić information content (AvgIpc) is 2.56. The number of benzene rings is 1. The number of anilines is 2. The second-order valence-electron chi connectivity index (χ2n) is 5.53. The molecule has 0 atom stereocenters. The monoisotopic (exact) mass is 314 g/mol. The highest BCUT2D eigenvalue weighted by molar-refractivity contribution is 7.99. The van der Waals surface area contributed by atoms with Crippen molar-refractivity contribution in [3.05, 3.63) is 47.8 Å². The van der Waals surface area contributed by atoms with Crippen LogP contribution in [0.1, 0.15) is 11.1 Å². The van der Waals surface area contributed by atoms with Crippen molar-refractivity contribution in [2.75, 3.05) is 41.4 Å². The van der Waals surface area contributed by atoms with Gasteiger partial charge >= 0.3 is 0 Å². The molecule has 3 rings (SSSR count). The molecule has 0 aliphatic carbocycles. The molecule has 0 bridgehead atoms. The van der Waals surface area contributed by atoms with Crippen molar-refractivity contribution in [3.8, 4) is 0 Å². The fraction of sp³-hybridized carbons (Fsp3) is 0.412. The largest absolute Gasteiger partial charge is 0.370 e. The predicted molar refractivity (Wildman–Crippen MR) is 94.9 cm³/mol. The third-order valence-corrected chi connectivity index (χ3v) is 4.73. The van der Waals surface area contributed by atoms with Gasteiger partial charge < -0.3 is 10.2 Å². The molecule has 0 unspecified atom stereocenters. The Bertz CT molecular complexity index is 611. The van der Waals surface area contributed by atoms with Gasteiger partial charge in [0.1, 0.15) is 18.0 Å². The van der Waals surface area contributed by atoms with E-state index in [4.69, 9.17) is 0 Å². The number of rotatable bonds is 5. The van der Waals surface area contributed by atoms with Crippen molar-refractivity contribution in [3.63, 3.8) is 0 Å². The van der Waals surface area contributed by atoms with Crippen LogP contribution in [0.4, 0.5) is 11.6 Å². The van der Waals surface area contributed by atoms with E-state index in [0.717, 1.165) is 37.7 Å². The van der Waals surface area contributed by atoms with E-state index >= 15 is 0 Å². The summed E-state index contributed by atoms with van der Waals surface area (Å²) < 4.78 is 0. The maximum absolute atomic E-state index is 4.41. The molecule has 1 aromatic carbocycles. The Hall–Kier alpha value is -1.75. The van der Waals surface area contributed by atoms with Crippen LogP contribution in [0.2, 0.25) is 0 Å². The van der Waals surface area contributed by atoms with Crippen molar-refractivity contribution in [2.24, 2.45) is 0 Å². The Morgan fingerprint density at radius 2 is 2.05 bits per heavy atom. The lowest BCUT2D eigenvalue weighted by molar-refractivity contribution is 0.834. The van der Waals surface area contributed by atoms with Crippen LogP contribution in [0.25, 0.3) is 0 Å². The van der Waals surface area contributed by atoms with Crippen molar-refractivity contribution < 1.29 is 0 Å². The Balaban J connectivity index is 1.56. The van der Waals surface area contributed by atoms with E-state index in [2.05, 4.69) is 57.4 Å². The quantitative estimate of drug-likeness (QED) is 0.919. The summed E-state index contributed by atoms with van der Waals surface area (Å²) in [4.78, 5) is 11.1. The van der Waals surface area contributed by atoms with Gasteiger partial charge in [0.2, 0.25) is 0 Å². The standard InChI is InChI=1S/C17H22N4S/c1-14-3-2-4-15(11-14)5-6-18-16-12-17(20-13-19-16)21-7-9-22-10-8-21/h2-4,11-13H,5-10H2,1H3,(H,18,19,20). The molecule has 4 nitrogen and oxygen atoms in total. The fourth-order valence-electron chi connectivity index (χ4n) is 2.61. The van der Waals surface area contributed by atoms with Gasteiger partial charge in [-0.05, 0) is 18.9 Å². The summed E-state index contributed by atoms with van der Waals surface area (Å²) in [6.07, 6.45) is 2.66. The van der Waals surface area contributed by atoms with Gasteiger partial charge in [0.15, 0.2) is 0 Å². The molecule has 2 heterocycles. The summed E-state index contributed by atoms with van der Waals surface area (Å²) >= 11 is 2.01. The summed E-state index contributed by atoms with van der Waals surface area (Å²) in [5.74, 6) is 4.31. The number of nitrogens with zero attached hydrogens (tertiary/aromatic N) is 3. The maximum atomic E-state index is 4.41. The first-order valence-corrected chi connectivity index (χ1v) is 8.91. The summed E-state index contributed by atoms with van der Waals surface area (Å²) in [7, 11) is 0. The molecule has 5 heteroatoms. The summed E-state index contributed by atoms with van der Waals surface area (Å²) in [6, 6.07) is 10.7. The molecule has 2 aromatic rings. The number of hydrogen-bond acceptors (Lipinski definition) is 5. The summed E-state index contributed by atoms with van der Waals surface area (Å²) in [5, 5.41) is 3.41. The van der Waals surface area contributed by atoms with Gasteiger partial charge in [0, 0.05) is 37.2 Å². The number of aromatic nitrogens is 2. The first-order chi connectivity index (χ1) is 10.8. The molecular formula is C17H22N4S. The molecular weight excluding hydrogens is 292 g/mol. The molecule has 1 N–H and O–H groups in total. The Kier molecular flexibility index (Phi) is 5.16. The van der Waals surface area contributed by atoms with Crippen molar-refractivity contribution in [1.82, 2.24) is 9.97 Å². The van der Waals surface area contributed by atoms with E-state index in [1.54, 1.807) is 6.33 Å². The minimum atomic E-state index is 0.885. The average molecular weight is 314 g/mol. The van der Waals surface area contributed by atoms with Crippen LogP contribution in [0.15, 0.2) is 36.7 Å². The highest BCUT2D eigenvalue weighted by Gasteiger charge is 2.12. The lowest BCUT2D eigenvalue weighted by Gasteiger charge is -2.27. The van der Waals surface area contributed by atoms with Gasteiger partial charge in [-0.25, -0.2) is 9.97 Å². The van der Waals surface area contributed by atoms with Crippen LogP contribution < -0.4 is 10.2 Å². The first kappa shape index (κ1) is 15.2. The van der Waals surface area contributed by atoms with Gasteiger partial charge in [-0.2, -0.15) is 11.8 Å². The van der Waals surface area contributed by atoms with Crippen molar-refractivity contribution >= 4 is 23.4 Å². The van der Waals surface area contributed by atoms with Gasteiger partial charge in [0.05, 0.1) is 0 Å². The lowest BCUT2D eigenvalue weighted by Crippen LogP contribution is -2.33. The first-order valence-electron chi connectivity index (χ1n) is 7.75. The van der Waals surface area contributed by atoms with Crippen LogP contribution in [-0.2, 0) is 6.42 Å². The Morgan fingerprint density at radius 1 is 1.18 bits per heavy atom. The molecule has 0 amide bonds. The van der Waals surface area contributed by atoms with Gasteiger partial charge in [-0.3, -0.25) is 0 Å². The topological polar surface area (TPSA) is 41.0 Å². The SMILES string of the molecule is Cc1cccc(CCNc2cc(N3CCSCC3)ncn2)c1. The summed E-state index contributed by atoms with van der Waals surface area (Å²) in [6.45, 7) is 5.16. The maximum Gasteiger partial charge on any atom is 0.134 e. The third-order valence-electron chi connectivity index (χ3n) is 3.79. The molecule has 116 valence electrons. The minimum Gasteiger partial charge on any atom is -0.370 e. The van der Waals surface area contributed by atoms with E-state index in [1.165, 1.54) is 22.6 Å². The molecule has 0 radical (unpaired) electrons. The molecule has 1 aliphatic heterocycles. The third kappa shape index (κ3) is 4.13. The second-order valence-corrected chi connectivity index (χ2v) is 6.75. The smallest absolute Gasteiger partial charge is 0.134 e. The minimum absolute atomic E-state index is 0.885. The molecule has 1 fully saturated rings. The molecule has 1 aliphatic rings. The zero-order valence-electron chi connectivity index (χ0n) is 13.0. The number of thioether (sulfide) groups is 1. The Morgan fingerprint density at radius 3 is 2.86 bits per heavy atom. The second kappa shape index (κ2) is 7.49. The lowest BCUT2D eigenvalue weighted by atomic mass is 10.1. The van der Waals surface area contributed by atoms with Crippen LogP contribution in [0.5, 0.6) is 0 Å². The van der Waals surface area contributed by atoms with Crippen molar-refractivity contribution in [1.29, 1.82) is 0 Å². The van der Waals surface area contributed by atoms with Crippen LogP contribution >= 0.6 is 11.8 Å². The predicted octanol–water partition coefficient (Wildman–Crippen LogP) is 2.99. The van der Waals surface area contributed by atoms with Crippen molar-refractivity contribution in [2.45, 2.75) is 13.3 Å². The molecule has 1 saturated heterocycles. The zero-order valence-corrected chi connectivity index (χ0v) is 13.8. The van der Waals surface area contributed by atoms with Crippen LogP contribution in [0.3, 0.4) is 0 Å². The van der Waals surface area contributed by atoms with E-state index in [1.807, 2.05) is 11.8 Å². The van der Waals surface area contributed by atoms with Crippen LogP contribution in [-0.4, -0.2) is 41.1 Å².